The molecule has 0 aliphatic heterocycles. The third-order valence-corrected chi connectivity index (χ3v) is 4.54. The van der Waals surface area contributed by atoms with Crippen LogP contribution in [0, 0.1) is 13.8 Å². The van der Waals surface area contributed by atoms with Crippen LogP contribution in [0.2, 0.25) is 0 Å². The second-order valence-electron chi connectivity index (χ2n) is 5.90. The number of carbonyl (C=O) groups is 1. The molecule has 126 valence electrons. The van der Waals surface area contributed by atoms with Crippen LogP contribution in [0.5, 0.6) is 0 Å². The van der Waals surface area contributed by atoms with Gasteiger partial charge in [0.2, 0.25) is 11.9 Å². The van der Waals surface area contributed by atoms with Crippen molar-refractivity contribution >= 4 is 34.1 Å². The molecule has 0 aliphatic rings. The van der Waals surface area contributed by atoms with E-state index in [2.05, 4.69) is 39.2 Å². The van der Waals surface area contributed by atoms with Gasteiger partial charge in [-0.3, -0.25) is 4.79 Å². The van der Waals surface area contributed by atoms with E-state index in [1.807, 2.05) is 19.2 Å². The Labute approximate surface area is 143 Å². The summed E-state index contributed by atoms with van der Waals surface area (Å²) in [5, 5.41) is 9.52. The number of hydrogen-bond donors (Lipinski definition) is 2. The molecular weight excluding hydrogens is 326 g/mol. The van der Waals surface area contributed by atoms with E-state index >= 15 is 0 Å². The van der Waals surface area contributed by atoms with Crippen molar-refractivity contribution in [2.75, 3.05) is 11.1 Å². The molecule has 3 aromatic heterocycles. The van der Waals surface area contributed by atoms with Gasteiger partial charge in [0, 0.05) is 22.3 Å². The molecule has 3 heterocycles. The van der Waals surface area contributed by atoms with E-state index in [9.17, 15) is 4.79 Å². The monoisotopic (exact) mass is 345 g/mol. The van der Waals surface area contributed by atoms with E-state index in [0.717, 1.165) is 22.6 Å². The van der Waals surface area contributed by atoms with E-state index < -0.39 is 0 Å². The minimum absolute atomic E-state index is 0.139. The second-order valence-corrected chi connectivity index (χ2v) is 6.76. The Hall–Kier alpha value is -2.55. The molecule has 0 spiro atoms. The number of anilines is 2. The lowest BCUT2D eigenvalue weighted by molar-refractivity contribution is -0.115. The third kappa shape index (κ3) is 3.07. The highest BCUT2D eigenvalue weighted by atomic mass is 32.1. The topological polar surface area (TPSA) is 111 Å². The van der Waals surface area contributed by atoms with Crippen molar-refractivity contribution in [3.8, 4) is 0 Å². The number of aryl methyl sites for hydroxylation is 2. The molecule has 0 aliphatic carbocycles. The highest BCUT2D eigenvalue weighted by Crippen LogP contribution is 2.22. The highest BCUT2D eigenvalue weighted by molar-refractivity contribution is 7.13. The quantitative estimate of drug-likeness (QED) is 0.749. The van der Waals surface area contributed by atoms with Gasteiger partial charge in [-0.1, -0.05) is 13.8 Å². The summed E-state index contributed by atoms with van der Waals surface area (Å²) in [7, 11) is 0. The molecule has 0 bridgehead atoms. The zero-order valence-electron chi connectivity index (χ0n) is 14.0. The lowest BCUT2D eigenvalue weighted by Gasteiger charge is -2.09. The van der Waals surface area contributed by atoms with Crippen LogP contribution in [0.3, 0.4) is 0 Å². The molecule has 3 N–H and O–H groups in total. The van der Waals surface area contributed by atoms with Gasteiger partial charge in [-0.25, -0.2) is 9.97 Å². The minimum Gasteiger partial charge on any atom is -0.366 e. The summed E-state index contributed by atoms with van der Waals surface area (Å²) in [5.74, 6) is 0.796. The van der Waals surface area contributed by atoms with Crippen molar-refractivity contribution in [2.45, 2.75) is 40.0 Å². The van der Waals surface area contributed by atoms with Crippen molar-refractivity contribution in [1.29, 1.82) is 0 Å². The fraction of sp³-hybridized carbons (Fsp3) is 0.400. The van der Waals surface area contributed by atoms with Crippen LogP contribution < -0.4 is 11.1 Å². The molecule has 0 saturated heterocycles. The standard InChI is InChI=1S/C15H19N7OS/c1-7(2)11-6-24-15(18-11)19-12(23)5-10-8(3)17-14-20-13(16)21-22(14)9(10)4/h6-7H,5H2,1-4H3,(H2,16,21)(H,18,19,23). The summed E-state index contributed by atoms with van der Waals surface area (Å²) in [6.45, 7) is 7.86. The molecule has 3 rings (SSSR count). The van der Waals surface area contributed by atoms with Gasteiger partial charge in [-0.15, -0.1) is 16.4 Å². The second kappa shape index (κ2) is 6.16. The van der Waals surface area contributed by atoms with Gasteiger partial charge in [-0.05, 0) is 19.8 Å². The van der Waals surface area contributed by atoms with Crippen molar-refractivity contribution in [3.05, 3.63) is 28.0 Å². The molecule has 0 saturated carbocycles. The maximum Gasteiger partial charge on any atom is 0.254 e. The zero-order chi connectivity index (χ0) is 17.4. The number of nitrogens with one attached hydrogen (secondary N) is 1. The average Bonchev–Trinajstić information content (AvgIpc) is 3.10. The molecule has 0 fully saturated rings. The molecule has 8 nitrogen and oxygen atoms in total. The van der Waals surface area contributed by atoms with Crippen LogP contribution in [0.15, 0.2) is 5.38 Å². The summed E-state index contributed by atoms with van der Waals surface area (Å²) in [5.41, 5.74) is 8.95. The number of rotatable bonds is 4. The van der Waals surface area contributed by atoms with Crippen molar-refractivity contribution in [3.63, 3.8) is 0 Å². The van der Waals surface area contributed by atoms with Gasteiger partial charge in [0.05, 0.1) is 12.1 Å². The fourth-order valence-electron chi connectivity index (χ4n) is 2.41. The van der Waals surface area contributed by atoms with E-state index in [1.54, 1.807) is 4.52 Å². The molecule has 9 heteroatoms. The minimum atomic E-state index is -0.139. The van der Waals surface area contributed by atoms with E-state index in [0.29, 0.717) is 16.8 Å². The van der Waals surface area contributed by atoms with Gasteiger partial charge in [-0.2, -0.15) is 9.50 Å². The Morgan fingerprint density at radius 1 is 1.33 bits per heavy atom. The van der Waals surface area contributed by atoms with Crippen molar-refractivity contribution in [1.82, 2.24) is 24.6 Å². The predicted octanol–water partition coefficient (Wildman–Crippen LogP) is 2.08. The number of nitrogen functional groups attached to an aromatic ring is 1. The Balaban J connectivity index is 1.82. The van der Waals surface area contributed by atoms with Crippen LogP contribution in [0.1, 0.15) is 42.4 Å². The normalized spacial score (nSPS) is 11.4. The zero-order valence-corrected chi connectivity index (χ0v) is 14.8. The number of thiazole rings is 1. The largest absolute Gasteiger partial charge is 0.366 e. The molecule has 0 atom stereocenters. The van der Waals surface area contributed by atoms with E-state index in [-0.39, 0.29) is 18.3 Å². The third-order valence-electron chi connectivity index (χ3n) is 3.76. The summed E-state index contributed by atoms with van der Waals surface area (Å²) in [6.07, 6.45) is 0.191. The summed E-state index contributed by atoms with van der Waals surface area (Å²) < 4.78 is 1.56. The number of fused-ring (bicyclic) bond motifs is 1. The molecule has 3 aromatic rings. The van der Waals surface area contributed by atoms with Crippen LogP contribution in [-0.2, 0) is 11.2 Å². The highest BCUT2D eigenvalue weighted by Gasteiger charge is 2.16. The Kier molecular flexibility index (Phi) is 4.18. The number of aromatic nitrogens is 5. The molecule has 0 radical (unpaired) electrons. The smallest absolute Gasteiger partial charge is 0.254 e. The molecule has 24 heavy (non-hydrogen) atoms. The summed E-state index contributed by atoms with van der Waals surface area (Å²) in [4.78, 5) is 25.2. The van der Waals surface area contributed by atoms with Gasteiger partial charge in [0.15, 0.2) is 5.13 Å². The first kappa shape index (κ1) is 16.3. The molecular formula is C15H19N7OS. The number of nitrogens with zero attached hydrogens (tertiary/aromatic N) is 5. The predicted molar refractivity (Wildman–Crippen MR) is 93.2 cm³/mol. The number of hydrogen-bond acceptors (Lipinski definition) is 7. The van der Waals surface area contributed by atoms with Crippen LogP contribution >= 0.6 is 11.3 Å². The Morgan fingerprint density at radius 3 is 2.75 bits per heavy atom. The Morgan fingerprint density at radius 2 is 2.08 bits per heavy atom. The Bertz CT molecular complexity index is 912. The first-order chi connectivity index (χ1) is 11.3. The SMILES string of the molecule is Cc1nc2nc(N)nn2c(C)c1CC(=O)Nc1nc(C(C)C)cs1. The lowest BCUT2D eigenvalue weighted by atomic mass is 10.1. The summed E-state index contributed by atoms with van der Waals surface area (Å²) in [6, 6.07) is 0. The van der Waals surface area contributed by atoms with Crippen LogP contribution in [0.25, 0.3) is 5.78 Å². The summed E-state index contributed by atoms with van der Waals surface area (Å²) >= 11 is 1.43. The van der Waals surface area contributed by atoms with E-state index in [1.165, 1.54) is 11.3 Å². The number of amides is 1. The first-order valence-corrected chi connectivity index (χ1v) is 8.46. The van der Waals surface area contributed by atoms with Gasteiger partial charge in [0.1, 0.15) is 0 Å². The fourth-order valence-corrected chi connectivity index (χ4v) is 3.30. The van der Waals surface area contributed by atoms with Gasteiger partial charge >= 0.3 is 0 Å². The van der Waals surface area contributed by atoms with Crippen LogP contribution in [0.4, 0.5) is 11.1 Å². The van der Waals surface area contributed by atoms with Crippen molar-refractivity contribution < 1.29 is 4.79 Å². The maximum absolute atomic E-state index is 12.4. The van der Waals surface area contributed by atoms with Gasteiger partial charge < -0.3 is 11.1 Å². The first-order valence-electron chi connectivity index (χ1n) is 7.58. The molecule has 0 aromatic carbocycles. The number of carbonyl (C=O) groups excluding carboxylic acids is 1. The lowest BCUT2D eigenvalue weighted by Crippen LogP contribution is -2.17. The van der Waals surface area contributed by atoms with Gasteiger partial charge in [0.25, 0.3) is 5.78 Å². The maximum atomic E-state index is 12.4. The molecule has 1 amide bonds. The van der Waals surface area contributed by atoms with Crippen LogP contribution in [-0.4, -0.2) is 30.5 Å². The molecule has 0 unspecified atom stereocenters. The van der Waals surface area contributed by atoms with Crippen molar-refractivity contribution in [2.24, 2.45) is 0 Å². The average molecular weight is 345 g/mol. The van der Waals surface area contributed by atoms with E-state index in [4.69, 9.17) is 5.73 Å². The number of nitrogens with two attached hydrogens (primary N) is 1.